The number of rotatable bonds is 5. The van der Waals surface area contributed by atoms with Gasteiger partial charge in [0.1, 0.15) is 10.8 Å². The number of carbonyl (C=O) groups is 1. The molecule has 118 valence electrons. The average molecular weight is 384 g/mol. The fraction of sp³-hybridized carbons (Fsp3) is 0.400. The van der Waals surface area contributed by atoms with Gasteiger partial charge in [0.15, 0.2) is 6.10 Å². The van der Waals surface area contributed by atoms with Gasteiger partial charge in [0.2, 0.25) is 5.13 Å². The summed E-state index contributed by atoms with van der Waals surface area (Å²) in [5, 5.41) is 12.0. The lowest BCUT2D eigenvalue weighted by Crippen LogP contribution is -2.30. The summed E-state index contributed by atoms with van der Waals surface area (Å²) in [6.45, 7) is 7.63. The van der Waals surface area contributed by atoms with Crippen LogP contribution in [0.15, 0.2) is 16.6 Å². The van der Waals surface area contributed by atoms with Crippen molar-refractivity contribution >= 4 is 38.3 Å². The van der Waals surface area contributed by atoms with E-state index >= 15 is 0 Å². The Balaban J connectivity index is 2.05. The number of halogens is 1. The molecule has 5 nitrogen and oxygen atoms in total. The molecule has 1 aromatic heterocycles. The molecule has 2 rings (SSSR count). The largest absolute Gasteiger partial charge is 0.480 e. The van der Waals surface area contributed by atoms with Crippen LogP contribution in [0.25, 0.3) is 0 Å². The van der Waals surface area contributed by atoms with Crippen molar-refractivity contribution < 1.29 is 9.53 Å². The molecule has 1 N–H and O–H groups in total. The molecular formula is C15H18BrN3O2S. The molecule has 0 bridgehead atoms. The highest BCUT2D eigenvalue weighted by molar-refractivity contribution is 9.10. The monoisotopic (exact) mass is 383 g/mol. The van der Waals surface area contributed by atoms with Crippen LogP contribution in [-0.2, 0) is 11.2 Å². The van der Waals surface area contributed by atoms with Gasteiger partial charge in [0.25, 0.3) is 5.91 Å². The Morgan fingerprint density at radius 3 is 2.55 bits per heavy atom. The molecule has 1 unspecified atom stereocenters. The van der Waals surface area contributed by atoms with Gasteiger partial charge < -0.3 is 4.74 Å². The summed E-state index contributed by atoms with van der Waals surface area (Å²) in [4.78, 5) is 12.2. The number of hydrogen-bond donors (Lipinski definition) is 1. The summed E-state index contributed by atoms with van der Waals surface area (Å²) in [6.07, 6.45) is 0.184. The van der Waals surface area contributed by atoms with Gasteiger partial charge in [-0.25, -0.2) is 0 Å². The fourth-order valence-electron chi connectivity index (χ4n) is 1.97. The first-order valence-corrected chi connectivity index (χ1v) is 8.58. The highest BCUT2D eigenvalue weighted by atomic mass is 79.9. The van der Waals surface area contributed by atoms with E-state index in [0.29, 0.717) is 5.13 Å². The van der Waals surface area contributed by atoms with E-state index < -0.39 is 6.10 Å². The van der Waals surface area contributed by atoms with Gasteiger partial charge in [-0.15, -0.1) is 10.2 Å². The van der Waals surface area contributed by atoms with Gasteiger partial charge in [0, 0.05) is 4.47 Å². The van der Waals surface area contributed by atoms with Crippen molar-refractivity contribution in [2.75, 3.05) is 5.32 Å². The number of amides is 1. The number of carbonyl (C=O) groups excluding carboxylic acids is 1. The van der Waals surface area contributed by atoms with Crippen molar-refractivity contribution in [2.45, 2.75) is 40.2 Å². The highest BCUT2D eigenvalue weighted by Crippen LogP contribution is 2.28. The standard InChI is InChI=1S/C15H18BrN3O2S/c1-5-12-18-19-15(22-12)17-14(20)10(4)21-13-8(2)6-11(16)7-9(13)3/h6-7,10H,5H2,1-4H3,(H,17,19,20). The normalized spacial score (nSPS) is 12.0. The molecule has 1 amide bonds. The molecule has 0 aliphatic carbocycles. The second-order valence-corrected chi connectivity index (χ2v) is 6.95. The number of nitrogens with one attached hydrogen (secondary N) is 1. The summed E-state index contributed by atoms with van der Waals surface area (Å²) in [6, 6.07) is 3.93. The molecule has 0 saturated heterocycles. The van der Waals surface area contributed by atoms with E-state index in [2.05, 4.69) is 31.4 Å². The Bertz CT molecular complexity index is 664. The number of ether oxygens (including phenoxy) is 1. The van der Waals surface area contributed by atoms with E-state index in [-0.39, 0.29) is 5.91 Å². The van der Waals surface area contributed by atoms with Crippen molar-refractivity contribution in [3.8, 4) is 5.75 Å². The average Bonchev–Trinajstić information content (AvgIpc) is 2.90. The Labute approximate surface area is 142 Å². The summed E-state index contributed by atoms with van der Waals surface area (Å²) < 4.78 is 6.82. The van der Waals surface area contributed by atoms with Crippen LogP contribution in [0.3, 0.4) is 0 Å². The van der Waals surface area contributed by atoms with Crippen LogP contribution in [0.4, 0.5) is 5.13 Å². The quantitative estimate of drug-likeness (QED) is 0.850. The third kappa shape index (κ3) is 4.04. The minimum absolute atomic E-state index is 0.236. The zero-order valence-corrected chi connectivity index (χ0v) is 15.3. The van der Waals surface area contributed by atoms with E-state index in [9.17, 15) is 4.79 Å². The SMILES string of the molecule is CCc1nnc(NC(=O)C(C)Oc2c(C)cc(Br)cc2C)s1. The predicted molar refractivity (Wildman–Crippen MR) is 91.6 cm³/mol. The minimum Gasteiger partial charge on any atom is -0.480 e. The molecule has 0 saturated carbocycles. The van der Waals surface area contributed by atoms with Gasteiger partial charge in [-0.1, -0.05) is 34.2 Å². The molecule has 1 atom stereocenters. The maximum Gasteiger partial charge on any atom is 0.266 e. The first-order chi connectivity index (χ1) is 10.4. The molecule has 0 radical (unpaired) electrons. The molecule has 1 aromatic carbocycles. The number of nitrogens with zero attached hydrogens (tertiary/aromatic N) is 2. The maximum atomic E-state index is 12.2. The van der Waals surface area contributed by atoms with Crippen molar-refractivity contribution in [3.05, 3.63) is 32.7 Å². The topological polar surface area (TPSA) is 64.1 Å². The van der Waals surface area contributed by atoms with Crippen molar-refractivity contribution in [1.29, 1.82) is 0 Å². The van der Waals surface area contributed by atoms with Gasteiger partial charge in [-0.3, -0.25) is 10.1 Å². The van der Waals surface area contributed by atoms with Gasteiger partial charge in [-0.2, -0.15) is 0 Å². The summed E-state index contributed by atoms with van der Waals surface area (Å²) >= 11 is 4.82. The Kier molecular flexibility index (Phi) is 5.52. The lowest BCUT2D eigenvalue weighted by Gasteiger charge is -2.17. The number of aromatic nitrogens is 2. The Hall–Kier alpha value is -1.47. The molecule has 0 aliphatic heterocycles. The molecule has 0 spiro atoms. The van der Waals surface area contributed by atoms with Gasteiger partial charge in [-0.05, 0) is 50.5 Å². The first-order valence-electron chi connectivity index (χ1n) is 6.97. The van der Waals surface area contributed by atoms with Crippen LogP contribution in [-0.4, -0.2) is 22.2 Å². The van der Waals surface area contributed by atoms with Crippen LogP contribution in [0.2, 0.25) is 0 Å². The van der Waals surface area contributed by atoms with Crippen LogP contribution in [0, 0.1) is 13.8 Å². The van der Waals surface area contributed by atoms with E-state index in [1.165, 1.54) is 11.3 Å². The van der Waals surface area contributed by atoms with Crippen molar-refractivity contribution in [3.63, 3.8) is 0 Å². The van der Waals surface area contributed by atoms with Crippen LogP contribution < -0.4 is 10.1 Å². The first kappa shape index (κ1) is 16.9. The zero-order valence-electron chi connectivity index (χ0n) is 12.9. The van der Waals surface area contributed by atoms with Crippen molar-refractivity contribution in [1.82, 2.24) is 10.2 Å². The number of benzene rings is 1. The molecule has 7 heteroatoms. The van der Waals surface area contributed by atoms with Crippen LogP contribution in [0.1, 0.15) is 30.0 Å². The second kappa shape index (κ2) is 7.19. The number of aryl methyl sites for hydroxylation is 3. The molecule has 1 heterocycles. The molecular weight excluding hydrogens is 366 g/mol. The molecule has 22 heavy (non-hydrogen) atoms. The third-order valence-electron chi connectivity index (χ3n) is 3.09. The Morgan fingerprint density at radius 2 is 2.00 bits per heavy atom. The van der Waals surface area contributed by atoms with Gasteiger partial charge in [0.05, 0.1) is 0 Å². The summed E-state index contributed by atoms with van der Waals surface area (Å²) in [7, 11) is 0. The predicted octanol–water partition coefficient (Wildman–Crippen LogP) is 3.89. The van der Waals surface area contributed by atoms with E-state index in [4.69, 9.17) is 4.74 Å². The summed E-state index contributed by atoms with van der Waals surface area (Å²) in [5.74, 6) is 0.498. The van der Waals surface area contributed by atoms with Crippen LogP contribution in [0.5, 0.6) is 5.75 Å². The highest BCUT2D eigenvalue weighted by Gasteiger charge is 2.18. The molecule has 2 aromatic rings. The minimum atomic E-state index is -0.618. The van der Waals surface area contributed by atoms with E-state index in [1.807, 2.05) is 32.9 Å². The maximum absolute atomic E-state index is 12.2. The third-order valence-corrected chi connectivity index (χ3v) is 4.53. The second-order valence-electron chi connectivity index (χ2n) is 4.97. The number of hydrogen-bond acceptors (Lipinski definition) is 5. The summed E-state index contributed by atoms with van der Waals surface area (Å²) in [5.41, 5.74) is 1.96. The smallest absolute Gasteiger partial charge is 0.266 e. The fourth-order valence-corrected chi connectivity index (χ4v) is 3.34. The molecule has 0 aliphatic rings. The molecule has 0 fully saturated rings. The van der Waals surface area contributed by atoms with Crippen LogP contribution >= 0.6 is 27.3 Å². The van der Waals surface area contributed by atoms with Gasteiger partial charge >= 0.3 is 0 Å². The number of anilines is 1. The lowest BCUT2D eigenvalue weighted by molar-refractivity contribution is -0.122. The van der Waals surface area contributed by atoms with E-state index in [0.717, 1.165) is 32.8 Å². The van der Waals surface area contributed by atoms with Crippen molar-refractivity contribution in [2.24, 2.45) is 0 Å². The van der Waals surface area contributed by atoms with E-state index in [1.54, 1.807) is 6.92 Å². The lowest BCUT2D eigenvalue weighted by atomic mass is 10.1. The Morgan fingerprint density at radius 1 is 1.36 bits per heavy atom. The zero-order chi connectivity index (χ0) is 16.3.